The SMILES string of the molecule is CC(C)Sc1ccc(C(F)C(=O)O)cc1Cl. The van der Waals surface area contributed by atoms with Crippen LogP contribution >= 0.6 is 23.4 Å². The summed E-state index contributed by atoms with van der Waals surface area (Å²) in [5.74, 6) is -1.50. The number of thioether (sulfide) groups is 1. The number of carbonyl (C=O) groups is 1. The first-order valence-corrected chi connectivity index (χ1v) is 6.00. The molecule has 0 bridgehead atoms. The van der Waals surface area contributed by atoms with Gasteiger partial charge in [0.1, 0.15) is 0 Å². The third kappa shape index (κ3) is 3.39. The van der Waals surface area contributed by atoms with Crippen molar-refractivity contribution in [2.24, 2.45) is 0 Å². The maximum absolute atomic E-state index is 13.2. The molecule has 1 N–H and O–H groups in total. The molecule has 0 fully saturated rings. The normalized spacial score (nSPS) is 12.8. The summed E-state index contributed by atoms with van der Waals surface area (Å²) in [7, 11) is 0. The van der Waals surface area contributed by atoms with E-state index in [1.165, 1.54) is 12.1 Å². The van der Waals surface area contributed by atoms with Crippen LogP contribution in [0.25, 0.3) is 0 Å². The predicted molar refractivity (Wildman–Crippen MR) is 63.9 cm³/mol. The maximum atomic E-state index is 13.2. The number of carboxylic acids is 1. The minimum absolute atomic E-state index is 0.0746. The van der Waals surface area contributed by atoms with Gasteiger partial charge in [0.15, 0.2) is 0 Å². The summed E-state index contributed by atoms with van der Waals surface area (Å²) in [5, 5.41) is 9.27. The number of halogens is 2. The monoisotopic (exact) mass is 262 g/mol. The first-order chi connectivity index (χ1) is 7.41. The minimum Gasteiger partial charge on any atom is -0.479 e. The Morgan fingerprint density at radius 3 is 2.56 bits per heavy atom. The number of benzene rings is 1. The summed E-state index contributed by atoms with van der Waals surface area (Å²) >= 11 is 7.49. The highest BCUT2D eigenvalue weighted by Gasteiger charge is 2.19. The van der Waals surface area contributed by atoms with E-state index in [0.717, 1.165) is 4.90 Å². The van der Waals surface area contributed by atoms with Crippen molar-refractivity contribution >= 4 is 29.3 Å². The smallest absolute Gasteiger partial charge is 0.343 e. The van der Waals surface area contributed by atoms with Crippen molar-refractivity contribution in [2.75, 3.05) is 0 Å². The fraction of sp³-hybridized carbons (Fsp3) is 0.364. The summed E-state index contributed by atoms with van der Waals surface area (Å²) in [6.45, 7) is 4.04. The van der Waals surface area contributed by atoms with Gasteiger partial charge in [0.05, 0.1) is 5.02 Å². The number of hydrogen-bond donors (Lipinski definition) is 1. The first kappa shape index (κ1) is 13.3. The molecular formula is C11H12ClFO2S. The second kappa shape index (κ2) is 5.55. The molecule has 88 valence electrons. The van der Waals surface area contributed by atoms with Gasteiger partial charge in [0.25, 0.3) is 0 Å². The van der Waals surface area contributed by atoms with Gasteiger partial charge >= 0.3 is 5.97 Å². The van der Waals surface area contributed by atoms with Crippen LogP contribution < -0.4 is 0 Å². The predicted octanol–water partition coefficient (Wildman–Crippen LogP) is 3.94. The van der Waals surface area contributed by atoms with Crippen LogP contribution in [0.15, 0.2) is 23.1 Å². The molecule has 1 atom stereocenters. The van der Waals surface area contributed by atoms with E-state index < -0.39 is 12.1 Å². The average Bonchev–Trinajstić information content (AvgIpc) is 2.19. The number of hydrogen-bond acceptors (Lipinski definition) is 2. The minimum atomic E-state index is -2.02. The molecule has 1 rings (SSSR count). The Balaban J connectivity index is 2.95. The van der Waals surface area contributed by atoms with Gasteiger partial charge in [0.2, 0.25) is 6.17 Å². The third-order valence-corrected chi connectivity index (χ3v) is 3.33. The number of carboxylic acid groups (broad SMARTS) is 1. The zero-order valence-electron chi connectivity index (χ0n) is 8.91. The fourth-order valence-electron chi connectivity index (χ4n) is 1.17. The van der Waals surface area contributed by atoms with E-state index in [2.05, 4.69) is 0 Å². The Bertz CT molecular complexity index is 396. The molecule has 1 aromatic carbocycles. The van der Waals surface area contributed by atoms with Crippen molar-refractivity contribution < 1.29 is 14.3 Å². The number of alkyl halides is 1. The number of aliphatic carboxylic acids is 1. The summed E-state index contributed by atoms with van der Waals surface area (Å²) in [5.41, 5.74) is 0.0746. The van der Waals surface area contributed by atoms with E-state index in [4.69, 9.17) is 16.7 Å². The van der Waals surface area contributed by atoms with Crippen molar-refractivity contribution in [3.8, 4) is 0 Å². The highest BCUT2D eigenvalue weighted by atomic mass is 35.5. The van der Waals surface area contributed by atoms with Crippen LogP contribution in [0.3, 0.4) is 0 Å². The highest BCUT2D eigenvalue weighted by Crippen LogP contribution is 2.32. The molecule has 1 aromatic rings. The van der Waals surface area contributed by atoms with Crippen LogP contribution in [0.1, 0.15) is 25.6 Å². The zero-order chi connectivity index (χ0) is 12.3. The van der Waals surface area contributed by atoms with E-state index in [1.54, 1.807) is 17.8 Å². The van der Waals surface area contributed by atoms with E-state index in [-0.39, 0.29) is 5.56 Å². The van der Waals surface area contributed by atoms with Crippen molar-refractivity contribution in [3.63, 3.8) is 0 Å². The molecule has 0 aliphatic rings. The Morgan fingerprint density at radius 1 is 1.50 bits per heavy atom. The van der Waals surface area contributed by atoms with Crippen LogP contribution in [0.5, 0.6) is 0 Å². The molecular weight excluding hydrogens is 251 g/mol. The summed E-state index contributed by atoms with van der Waals surface area (Å²) in [4.78, 5) is 11.3. The highest BCUT2D eigenvalue weighted by molar-refractivity contribution is 8.00. The lowest BCUT2D eigenvalue weighted by Gasteiger charge is -2.09. The van der Waals surface area contributed by atoms with Gasteiger partial charge in [-0.05, 0) is 17.7 Å². The molecule has 0 spiro atoms. The molecule has 0 radical (unpaired) electrons. The molecule has 5 heteroatoms. The topological polar surface area (TPSA) is 37.3 Å². The third-order valence-electron chi connectivity index (χ3n) is 1.83. The average molecular weight is 263 g/mol. The second-order valence-corrected chi connectivity index (χ2v) is 5.58. The van der Waals surface area contributed by atoms with Crippen molar-refractivity contribution in [3.05, 3.63) is 28.8 Å². The summed E-state index contributed by atoms with van der Waals surface area (Å²) in [6, 6.07) is 4.47. The van der Waals surface area contributed by atoms with Crippen LogP contribution in [-0.4, -0.2) is 16.3 Å². The molecule has 16 heavy (non-hydrogen) atoms. The Morgan fingerprint density at radius 2 is 2.12 bits per heavy atom. The molecule has 0 aliphatic carbocycles. The lowest BCUT2D eigenvalue weighted by Crippen LogP contribution is -2.05. The Kier molecular flexibility index (Phi) is 4.62. The summed E-state index contributed by atoms with van der Waals surface area (Å²) < 4.78 is 13.2. The molecule has 0 heterocycles. The van der Waals surface area contributed by atoms with E-state index in [1.807, 2.05) is 13.8 Å². The quantitative estimate of drug-likeness (QED) is 0.836. The zero-order valence-corrected chi connectivity index (χ0v) is 10.5. The lowest BCUT2D eigenvalue weighted by molar-refractivity contribution is -0.143. The van der Waals surface area contributed by atoms with Crippen molar-refractivity contribution in [1.82, 2.24) is 0 Å². The van der Waals surface area contributed by atoms with Gasteiger partial charge in [-0.3, -0.25) is 0 Å². The standard InChI is InChI=1S/C11H12ClFO2S/c1-6(2)16-9-4-3-7(5-8(9)12)10(13)11(14)15/h3-6,10H,1-2H3,(H,14,15). The maximum Gasteiger partial charge on any atom is 0.343 e. The van der Waals surface area contributed by atoms with E-state index >= 15 is 0 Å². The van der Waals surface area contributed by atoms with Gasteiger partial charge in [-0.15, -0.1) is 11.8 Å². The van der Waals surface area contributed by atoms with Crippen LogP contribution in [0, 0.1) is 0 Å². The molecule has 0 saturated carbocycles. The number of rotatable bonds is 4. The Hall–Kier alpha value is -0.740. The summed E-state index contributed by atoms with van der Waals surface area (Å²) in [6.07, 6.45) is -2.02. The molecule has 0 saturated heterocycles. The van der Waals surface area contributed by atoms with Gasteiger partial charge in [0, 0.05) is 10.1 Å². The van der Waals surface area contributed by atoms with Crippen LogP contribution in [0.2, 0.25) is 5.02 Å². The largest absolute Gasteiger partial charge is 0.479 e. The van der Waals surface area contributed by atoms with Gasteiger partial charge in [-0.25, -0.2) is 9.18 Å². The van der Waals surface area contributed by atoms with Gasteiger partial charge < -0.3 is 5.11 Å². The molecule has 0 amide bonds. The van der Waals surface area contributed by atoms with Crippen LogP contribution in [-0.2, 0) is 4.79 Å². The second-order valence-electron chi connectivity index (χ2n) is 3.56. The van der Waals surface area contributed by atoms with Crippen molar-refractivity contribution in [2.45, 2.75) is 30.2 Å². The fourth-order valence-corrected chi connectivity index (χ4v) is 2.32. The lowest BCUT2D eigenvalue weighted by atomic mass is 10.1. The van der Waals surface area contributed by atoms with Gasteiger partial charge in [-0.1, -0.05) is 31.5 Å². The molecule has 1 unspecified atom stereocenters. The Labute approximate surface area is 103 Å². The molecule has 2 nitrogen and oxygen atoms in total. The van der Waals surface area contributed by atoms with Gasteiger partial charge in [-0.2, -0.15) is 0 Å². The molecule has 0 aliphatic heterocycles. The van der Waals surface area contributed by atoms with Crippen molar-refractivity contribution in [1.29, 1.82) is 0 Å². The first-order valence-electron chi connectivity index (χ1n) is 4.74. The van der Waals surface area contributed by atoms with E-state index in [9.17, 15) is 9.18 Å². The van der Waals surface area contributed by atoms with E-state index in [0.29, 0.717) is 10.3 Å². The van der Waals surface area contributed by atoms with Crippen LogP contribution in [0.4, 0.5) is 4.39 Å². The molecule has 0 aromatic heterocycles.